The van der Waals surface area contributed by atoms with Gasteiger partial charge in [-0.15, -0.1) is 13.2 Å². The molecule has 3 aromatic rings. The molecule has 0 fully saturated rings. The van der Waals surface area contributed by atoms with E-state index in [4.69, 9.17) is 0 Å². The number of rotatable bonds is 7. The smallest absolute Gasteiger partial charge is 0.404 e. The zero-order valence-electron chi connectivity index (χ0n) is 16.0. The van der Waals surface area contributed by atoms with Crippen molar-refractivity contribution in [2.24, 2.45) is 0 Å². The zero-order chi connectivity index (χ0) is 20.9. The number of hydrogen-bond donors (Lipinski definition) is 2. The van der Waals surface area contributed by atoms with Gasteiger partial charge in [0.15, 0.2) is 5.75 Å². The topological polar surface area (TPSA) is 59.1 Å². The molecule has 5 nitrogen and oxygen atoms in total. The van der Waals surface area contributed by atoms with Crippen molar-refractivity contribution in [1.82, 2.24) is 9.97 Å². The summed E-state index contributed by atoms with van der Waals surface area (Å²) >= 11 is 0. The minimum atomic E-state index is -4.79. The minimum absolute atomic E-state index is 0.134. The molecule has 3 rings (SSSR count). The van der Waals surface area contributed by atoms with Gasteiger partial charge in [-0.3, -0.25) is 0 Å². The Morgan fingerprint density at radius 3 is 2.38 bits per heavy atom. The van der Waals surface area contributed by atoms with E-state index in [1.807, 2.05) is 44.2 Å². The Bertz CT molecular complexity index is 948. The van der Waals surface area contributed by atoms with E-state index in [9.17, 15) is 13.2 Å². The lowest BCUT2D eigenvalue weighted by Gasteiger charge is -2.16. The molecule has 2 N–H and O–H groups in total. The molecule has 0 aliphatic carbocycles. The van der Waals surface area contributed by atoms with Gasteiger partial charge in [-0.25, -0.2) is 4.98 Å². The quantitative estimate of drug-likeness (QED) is 0.508. The maximum absolute atomic E-state index is 12.7. The summed E-state index contributed by atoms with van der Waals surface area (Å²) in [6.45, 7) is 4.03. The maximum atomic E-state index is 12.7. The van der Waals surface area contributed by atoms with Crippen LogP contribution in [0.2, 0.25) is 0 Å². The number of aromatic nitrogens is 2. The number of benzene rings is 2. The molecule has 29 heavy (non-hydrogen) atoms. The fourth-order valence-corrected chi connectivity index (χ4v) is 2.58. The number of anilines is 3. The van der Waals surface area contributed by atoms with Crippen molar-refractivity contribution in [2.45, 2.75) is 32.7 Å². The van der Waals surface area contributed by atoms with E-state index in [1.165, 1.54) is 18.2 Å². The summed E-state index contributed by atoms with van der Waals surface area (Å²) in [5.41, 5.74) is 1.66. The number of nitrogens with one attached hydrogen (secondary N) is 2. The summed E-state index contributed by atoms with van der Waals surface area (Å²) in [7, 11) is 0. The Balaban J connectivity index is 1.98. The van der Waals surface area contributed by atoms with Gasteiger partial charge in [0, 0.05) is 17.7 Å². The first-order valence-corrected chi connectivity index (χ1v) is 9.17. The monoisotopic (exact) mass is 402 g/mol. The maximum Gasteiger partial charge on any atom is 0.573 e. The molecule has 0 spiro atoms. The molecule has 0 amide bonds. The number of alkyl halides is 3. The van der Waals surface area contributed by atoms with Crippen molar-refractivity contribution in [3.8, 4) is 17.0 Å². The fourth-order valence-electron chi connectivity index (χ4n) is 2.58. The van der Waals surface area contributed by atoms with Crippen LogP contribution in [-0.4, -0.2) is 22.4 Å². The van der Waals surface area contributed by atoms with Gasteiger partial charge in [-0.2, -0.15) is 4.98 Å². The van der Waals surface area contributed by atoms with E-state index < -0.39 is 6.36 Å². The predicted octanol–water partition coefficient (Wildman–Crippen LogP) is 6.00. The number of halogens is 3. The Morgan fingerprint density at radius 1 is 1.00 bits per heavy atom. The summed E-state index contributed by atoms with van der Waals surface area (Å²) in [6, 6.07) is 17.1. The van der Waals surface area contributed by atoms with Crippen LogP contribution in [0.1, 0.15) is 20.3 Å². The average molecular weight is 402 g/mol. The van der Waals surface area contributed by atoms with E-state index in [0.29, 0.717) is 17.5 Å². The van der Waals surface area contributed by atoms with E-state index in [2.05, 4.69) is 25.3 Å². The third-order valence-electron chi connectivity index (χ3n) is 4.16. The van der Waals surface area contributed by atoms with Crippen LogP contribution in [0.25, 0.3) is 11.3 Å². The molecule has 8 heteroatoms. The lowest BCUT2D eigenvalue weighted by atomic mass is 10.1. The highest BCUT2D eigenvalue weighted by Crippen LogP contribution is 2.32. The van der Waals surface area contributed by atoms with Gasteiger partial charge in [-0.05, 0) is 25.5 Å². The molecule has 0 aliphatic heterocycles. The van der Waals surface area contributed by atoms with Crippen molar-refractivity contribution in [3.63, 3.8) is 0 Å². The Kier molecular flexibility index (Phi) is 6.21. The first-order valence-electron chi connectivity index (χ1n) is 9.17. The molecular weight excluding hydrogens is 381 g/mol. The van der Waals surface area contributed by atoms with Crippen LogP contribution in [-0.2, 0) is 0 Å². The van der Waals surface area contributed by atoms with E-state index in [1.54, 1.807) is 12.1 Å². The molecule has 1 heterocycles. The fraction of sp³-hybridized carbons (Fsp3) is 0.238. The van der Waals surface area contributed by atoms with Crippen molar-refractivity contribution >= 4 is 17.5 Å². The normalized spacial score (nSPS) is 12.3. The second-order valence-electron chi connectivity index (χ2n) is 6.45. The van der Waals surface area contributed by atoms with Crippen LogP contribution < -0.4 is 15.4 Å². The summed E-state index contributed by atoms with van der Waals surface area (Å²) in [5, 5.41) is 6.13. The van der Waals surface area contributed by atoms with Crippen LogP contribution >= 0.6 is 0 Å². The van der Waals surface area contributed by atoms with Gasteiger partial charge in [0.05, 0.1) is 11.4 Å². The van der Waals surface area contributed by atoms with Crippen LogP contribution in [0.3, 0.4) is 0 Å². The third-order valence-corrected chi connectivity index (χ3v) is 4.16. The highest BCUT2D eigenvalue weighted by atomic mass is 19.4. The molecule has 0 unspecified atom stereocenters. The van der Waals surface area contributed by atoms with Gasteiger partial charge >= 0.3 is 6.36 Å². The number of para-hydroxylation sites is 2. The number of hydrogen-bond acceptors (Lipinski definition) is 5. The first-order chi connectivity index (χ1) is 13.8. The molecule has 0 aliphatic rings. The van der Waals surface area contributed by atoms with Gasteiger partial charge in [-0.1, -0.05) is 49.4 Å². The molecule has 0 bridgehead atoms. The van der Waals surface area contributed by atoms with Crippen LogP contribution in [0.15, 0.2) is 60.7 Å². The van der Waals surface area contributed by atoms with Crippen LogP contribution in [0.4, 0.5) is 30.6 Å². The van der Waals surface area contributed by atoms with Gasteiger partial charge in [0.1, 0.15) is 5.82 Å². The van der Waals surface area contributed by atoms with E-state index >= 15 is 0 Å². The van der Waals surface area contributed by atoms with Gasteiger partial charge in [0.2, 0.25) is 5.95 Å². The average Bonchev–Trinajstić information content (AvgIpc) is 2.69. The highest BCUT2D eigenvalue weighted by Gasteiger charge is 2.32. The third kappa shape index (κ3) is 5.84. The molecule has 0 saturated heterocycles. The highest BCUT2D eigenvalue weighted by molar-refractivity contribution is 5.70. The Hall–Kier alpha value is -3.29. The zero-order valence-corrected chi connectivity index (χ0v) is 16.0. The van der Waals surface area contributed by atoms with E-state index in [0.717, 1.165) is 12.0 Å². The molecule has 1 atom stereocenters. The second-order valence-corrected chi connectivity index (χ2v) is 6.45. The first kappa shape index (κ1) is 20.4. The van der Waals surface area contributed by atoms with Crippen LogP contribution in [0.5, 0.6) is 5.75 Å². The minimum Gasteiger partial charge on any atom is -0.404 e. The van der Waals surface area contributed by atoms with E-state index in [-0.39, 0.29) is 17.5 Å². The molecular formula is C21H21F3N4O. The molecule has 0 radical (unpaired) electrons. The van der Waals surface area contributed by atoms with Crippen molar-refractivity contribution in [3.05, 3.63) is 60.7 Å². The predicted molar refractivity (Wildman–Crippen MR) is 107 cm³/mol. The van der Waals surface area contributed by atoms with Crippen LogP contribution in [0, 0.1) is 0 Å². The van der Waals surface area contributed by atoms with Crippen molar-refractivity contribution in [2.75, 3.05) is 10.6 Å². The van der Waals surface area contributed by atoms with Gasteiger partial charge in [0.25, 0.3) is 0 Å². The number of nitrogens with zero attached hydrogens (tertiary/aromatic N) is 2. The molecule has 0 saturated carbocycles. The Labute approximate surface area is 167 Å². The molecule has 152 valence electrons. The second kappa shape index (κ2) is 8.81. The number of ether oxygens (including phenoxy) is 1. The summed E-state index contributed by atoms with van der Waals surface area (Å²) < 4.78 is 42.2. The van der Waals surface area contributed by atoms with Crippen molar-refractivity contribution in [1.29, 1.82) is 0 Å². The molecule has 2 aromatic carbocycles. The largest absolute Gasteiger partial charge is 0.573 e. The summed E-state index contributed by atoms with van der Waals surface area (Å²) in [6.07, 6.45) is -3.92. The Morgan fingerprint density at radius 2 is 1.69 bits per heavy atom. The SMILES string of the molecule is CC[C@@H](C)Nc1nc(Nc2ccccc2OC(F)(F)F)cc(-c2ccccc2)n1. The van der Waals surface area contributed by atoms with Crippen molar-refractivity contribution < 1.29 is 17.9 Å². The molecule has 1 aromatic heterocycles. The van der Waals surface area contributed by atoms with Gasteiger partial charge < -0.3 is 15.4 Å². The summed E-state index contributed by atoms with van der Waals surface area (Å²) in [4.78, 5) is 8.95. The summed E-state index contributed by atoms with van der Waals surface area (Å²) in [5.74, 6) is 0.400. The lowest BCUT2D eigenvalue weighted by Crippen LogP contribution is -2.18. The standard InChI is InChI=1S/C21H21F3N4O/c1-3-14(2)25-20-27-17(15-9-5-4-6-10-15)13-19(28-20)26-16-11-7-8-12-18(16)29-21(22,23)24/h4-14H,3H2,1-2H3,(H2,25,26,27,28)/t14-/m1/s1. The lowest BCUT2D eigenvalue weighted by molar-refractivity contribution is -0.274.